The fourth-order valence-corrected chi connectivity index (χ4v) is 3.39. The lowest BCUT2D eigenvalue weighted by molar-refractivity contribution is 0.0452. The molecule has 2 rings (SSSR count). The highest BCUT2D eigenvalue weighted by molar-refractivity contribution is 5.47. The minimum absolute atomic E-state index is 0.301. The van der Waals surface area contributed by atoms with Gasteiger partial charge >= 0.3 is 0 Å². The third-order valence-electron chi connectivity index (χ3n) is 4.63. The molecule has 2 heteroatoms. The molecule has 1 fully saturated rings. The average Bonchev–Trinajstić information content (AvgIpc) is 2.46. The molecule has 19 heavy (non-hydrogen) atoms. The van der Waals surface area contributed by atoms with Crippen molar-refractivity contribution in [3.05, 3.63) is 29.8 Å². The fourth-order valence-electron chi connectivity index (χ4n) is 3.39. The number of hydrogen-bond acceptors (Lipinski definition) is 2. The number of rotatable bonds is 4. The summed E-state index contributed by atoms with van der Waals surface area (Å²) in [5, 5.41) is 10.7. The zero-order chi connectivity index (χ0) is 13.8. The Kier molecular flexibility index (Phi) is 4.87. The predicted octanol–water partition coefficient (Wildman–Crippen LogP) is 4.00. The van der Waals surface area contributed by atoms with Gasteiger partial charge in [-0.25, -0.2) is 0 Å². The van der Waals surface area contributed by atoms with Crippen LogP contribution in [0.4, 0.5) is 5.69 Å². The van der Waals surface area contributed by atoms with Gasteiger partial charge in [-0.15, -0.1) is 0 Å². The molecule has 1 aromatic carbocycles. The summed E-state index contributed by atoms with van der Waals surface area (Å²) in [6.45, 7) is 2.26. The standard InChI is InChI=1S/C17H27NO/c1-4-13-8-5-6-11-16(13)17(19)14-9-7-10-15(12-14)18(2)3/h7,9-10,12-13,16-17,19H,4-6,8,11H2,1-3H3. The van der Waals surface area contributed by atoms with Crippen molar-refractivity contribution < 1.29 is 5.11 Å². The van der Waals surface area contributed by atoms with Crippen LogP contribution in [0.25, 0.3) is 0 Å². The van der Waals surface area contributed by atoms with E-state index in [9.17, 15) is 5.11 Å². The summed E-state index contributed by atoms with van der Waals surface area (Å²) in [6, 6.07) is 8.34. The molecule has 3 atom stereocenters. The van der Waals surface area contributed by atoms with E-state index in [0.29, 0.717) is 11.8 Å². The molecule has 0 radical (unpaired) electrons. The van der Waals surface area contributed by atoms with Crippen LogP contribution in [0.2, 0.25) is 0 Å². The van der Waals surface area contributed by atoms with Crippen LogP contribution in [0.15, 0.2) is 24.3 Å². The van der Waals surface area contributed by atoms with Crippen LogP contribution in [0, 0.1) is 11.8 Å². The summed E-state index contributed by atoms with van der Waals surface area (Å²) < 4.78 is 0. The maximum atomic E-state index is 10.7. The fraction of sp³-hybridized carbons (Fsp3) is 0.647. The smallest absolute Gasteiger partial charge is 0.0821 e. The minimum Gasteiger partial charge on any atom is -0.388 e. The summed E-state index contributed by atoms with van der Waals surface area (Å²) in [5.41, 5.74) is 2.25. The Hall–Kier alpha value is -1.02. The minimum atomic E-state index is -0.301. The second-order valence-electron chi connectivity index (χ2n) is 6.05. The Balaban J connectivity index is 2.17. The Morgan fingerprint density at radius 2 is 2.00 bits per heavy atom. The van der Waals surface area contributed by atoms with E-state index < -0.39 is 0 Å². The molecule has 2 nitrogen and oxygen atoms in total. The van der Waals surface area contributed by atoms with Gasteiger partial charge in [-0.05, 0) is 36.0 Å². The van der Waals surface area contributed by atoms with E-state index in [1.807, 2.05) is 14.1 Å². The summed E-state index contributed by atoms with van der Waals surface area (Å²) in [7, 11) is 4.09. The van der Waals surface area contributed by atoms with Gasteiger partial charge < -0.3 is 10.0 Å². The Morgan fingerprint density at radius 3 is 2.68 bits per heavy atom. The van der Waals surface area contributed by atoms with Gasteiger partial charge in [0.25, 0.3) is 0 Å². The maximum absolute atomic E-state index is 10.7. The first-order chi connectivity index (χ1) is 9.13. The van der Waals surface area contributed by atoms with Crippen molar-refractivity contribution >= 4 is 5.69 Å². The molecule has 1 aromatic rings. The number of benzene rings is 1. The van der Waals surface area contributed by atoms with Crippen LogP contribution in [0.5, 0.6) is 0 Å². The number of hydrogen-bond donors (Lipinski definition) is 1. The van der Waals surface area contributed by atoms with Crippen molar-refractivity contribution in [2.45, 2.75) is 45.1 Å². The topological polar surface area (TPSA) is 23.5 Å². The van der Waals surface area contributed by atoms with E-state index in [1.54, 1.807) is 0 Å². The lowest BCUT2D eigenvalue weighted by atomic mass is 9.73. The van der Waals surface area contributed by atoms with Crippen LogP contribution < -0.4 is 4.90 Å². The number of nitrogens with zero attached hydrogens (tertiary/aromatic N) is 1. The largest absolute Gasteiger partial charge is 0.388 e. The molecule has 106 valence electrons. The van der Waals surface area contributed by atoms with Crippen molar-refractivity contribution in [3.63, 3.8) is 0 Å². The third kappa shape index (κ3) is 3.30. The molecular weight excluding hydrogens is 234 g/mol. The van der Waals surface area contributed by atoms with Crippen molar-refractivity contribution in [2.75, 3.05) is 19.0 Å². The molecule has 0 bridgehead atoms. The normalized spacial score (nSPS) is 25.1. The maximum Gasteiger partial charge on any atom is 0.0821 e. The molecule has 0 heterocycles. The molecule has 0 saturated heterocycles. The molecule has 0 spiro atoms. The van der Waals surface area contributed by atoms with Gasteiger partial charge in [-0.3, -0.25) is 0 Å². The highest BCUT2D eigenvalue weighted by Gasteiger charge is 2.30. The molecule has 0 aromatic heterocycles. The second kappa shape index (κ2) is 6.42. The first-order valence-electron chi connectivity index (χ1n) is 7.58. The Bertz CT molecular complexity index is 402. The predicted molar refractivity (Wildman–Crippen MR) is 81.5 cm³/mol. The summed E-state index contributed by atoms with van der Waals surface area (Å²) >= 11 is 0. The van der Waals surface area contributed by atoms with E-state index in [4.69, 9.17) is 0 Å². The van der Waals surface area contributed by atoms with E-state index in [2.05, 4.69) is 36.1 Å². The van der Waals surface area contributed by atoms with E-state index in [1.165, 1.54) is 37.8 Å². The first-order valence-corrected chi connectivity index (χ1v) is 7.58. The highest BCUT2D eigenvalue weighted by atomic mass is 16.3. The Labute approximate surface area is 117 Å². The van der Waals surface area contributed by atoms with Crippen LogP contribution in [-0.4, -0.2) is 19.2 Å². The van der Waals surface area contributed by atoms with E-state index in [0.717, 1.165) is 5.56 Å². The zero-order valence-electron chi connectivity index (χ0n) is 12.5. The quantitative estimate of drug-likeness (QED) is 0.885. The van der Waals surface area contributed by atoms with Crippen molar-refractivity contribution in [2.24, 2.45) is 11.8 Å². The van der Waals surface area contributed by atoms with Crippen LogP contribution in [-0.2, 0) is 0 Å². The Morgan fingerprint density at radius 1 is 1.26 bits per heavy atom. The molecule has 1 N–H and O–H groups in total. The van der Waals surface area contributed by atoms with E-state index in [-0.39, 0.29) is 6.10 Å². The number of aliphatic hydroxyl groups is 1. The molecule has 0 amide bonds. The van der Waals surface area contributed by atoms with Gasteiger partial charge in [-0.2, -0.15) is 0 Å². The monoisotopic (exact) mass is 261 g/mol. The molecule has 1 saturated carbocycles. The average molecular weight is 261 g/mol. The zero-order valence-corrected chi connectivity index (χ0v) is 12.5. The van der Waals surface area contributed by atoms with Gasteiger partial charge in [0.15, 0.2) is 0 Å². The van der Waals surface area contributed by atoms with Gasteiger partial charge in [0.1, 0.15) is 0 Å². The SMILES string of the molecule is CCC1CCCCC1C(O)c1cccc(N(C)C)c1. The van der Waals surface area contributed by atoms with Crippen LogP contribution >= 0.6 is 0 Å². The van der Waals surface area contributed by atoms with Gasteiger partial charge in [0, 0.05) is 19.8 Å². The highest BCUT2D eigenvalue weighted by Crippen LogP contribution is 2.40. The molecule has 1 aliphatic carbocycles. The van der Waals surface area contributed by atoms with Gasteiger partial charge in [-0.1, -0.05) is 44.7 Å². The van der Waals surface area contributed by atoms with Crippen molar-refractivity contribution in [3.8, 4) is 0 Å². The van der Waals surface area contributed by atoms with Crippen LogP contribution in [0.1, 0.15) is 50.7 Å². The van der Waals surface area contributed by atoms with Crippen LogP contribution in [0.3, 0.4) is 0 Å². The molecular formula is C17H27NO. The summed E-state index contributed by atoms with van der Waals surface area (Å²) in [4.78, 5) is 2.09. The lowest BCUT2D eigenvalue weighted by Gasteiger charge is -2.34. The first kappa shape index (κ1) is 14.4. The number of anilines is 1. The number of aliphatic hydroxyl groups excluding tert-OH is 1. The molecule has 0 aliphatic heterocycles. The summed E-state index contributed by atoms with van der Waals surface area (Å²) in [6.07, 6.45) is 5.95. The summed E-state index contributed by atoms with van der Waals surface area (Å²) in [5.74, 6) is 1.13. The lowest BCUT2D eigenvalue weighted by Crippen LogP contribution is -2.25. The van der Waals surface area contributed by atoms with E-state index >= 15 is 0 Å². The van der Waals surface area contributed by atoms with Gasteiger partial charge in [0.2, 0.25) is 0 Å². The van der Waals surface area contributed by atoms with Gasteiger partial charge in [0.05, 0.1) is 6.10 Å². The molecule has 3 unspecified atom stereocenters. The third-order valence-corrected chi connectivity index (χ3v) is 4.63. The van der Waals surface area contributed by atoms with Crippen molar-refractivity contribution in [1.82, 2.24) is 0 Å². The molecule has 1 aliphatic rings. The second-order valence-corrected chi connectivity index (χ2v) is 6.05. The van der Waals surface area contributed by atoms with Crippen molar-refractivity contribution in [1.29, 1.82) is 0 Å².